The summed E-state index contributed by atoms with van der Waals surface area (Å²) in [5, 5.41) is 10.6. The number of hydrogen-bond donors (Lipinski definition) is 0. The molecular formula is C18H17Cl2N3OS. The Balaban J connectivity index is 1.71. The summed E-state index contributed by atoms with van der Waals surface area (Å²) in [4.78, 5) is 0. The fourth-order valence-corrected chi connectivity index (χ4v) is 4.03. The van der Waals surface area contributed by atoms with Crippen LogP contribution in [0.25, 0.3) is 0 Å². The standard InChI is InChI=1S/C18H17Cl2N3OS/c1-12(24-13-7-4-3-5-8-13)17-21-22-18(23(17)2)25-11-14-15(19)9-6-10-16(14)20/h3-10,12H,11H2,1-2H3. The zero-order chi connectivity index (χ0) is 17.8. The number of halogens is 2. The maximum atomic E-state index is 6.22. The number of thioether (sulfide) groups is 1. The summed E-state index contributed by atoms with van der Waals surface area (Å²) < 4.78 is 7.85. The molecule has 7 heteroatoms. The van der Waals surface area contributed by atoms with Crippen molar-refractivity contribution in [2.45, 2.75) is 23.9 Å². The predicted octanol–water partition coefficient (Wildman–Crippen LogP) is 5.55. The Morgan fingerprint density at radius 3 is 2.40 bits per heavy atom. The quantitative estimate of drug-likeness (QED) is 0.514. The first-order valence-corrected chi connectivity index (χ1v) is 9.47. The number of aromatic nitrogens is 3. The van der Waals surface area contributed by atoms with E-state index in [-0.39, 0.29) is 6.10 Å². The molecule has 0 spiro atoms. The summed E-state index contributed by atoms with van der Waals surface area (Å²) in [5.41, 5.74) is 0.897. The smallest absolute Gasteiger partial charge is 0.191 e. The molecule has 0 saturated heterocycles. The third kappa shape index (κ3) is 4.29. The molecule has 0 N–H and O–H groups in total. The number of rotatable bonds is 6. The van der Waals surface area contributed by atoms with Crippen LogP contribution in [0.3, 0.4) is 0 Å². The van der Waals surface area contributed by atoms with Crippen LogP contribution in [0, 0.1) is 0 Å². The summed E-state index contributed by atoms with van der Waals surface area (Å²) in [6.45, 7) is 1.95. The van der Waals surface area contributed by atoms with E-state index in [1.54, 1.807) is 0 Å². The van der Waals surface area contributed by atoms with E-state index < -0.39 is 0 Å². The SMILES string of the molecule is CC(Oc1ccccc1)c1nnc(SCc2c(Cl)cccc2Cl)n1C. The van der Waals surface area contributed by atoms with Gasteiger partial charge in [0.25, 0.3) is 0 Å². The van der Waals surface area contributed by atoms with Crippen LogP contribution >= 0.6 is 35.0 Å². The first-order valence-electron chi connectivity index (χ1n) is 7.73. The largest absolute Gasteiger partial charge is 0.483 e. The second-order valence-electron chi connectivity index (χ2n) is 5.46. The fourth-order valence-electron chi connectivity index (χ4n) is 2.37. The molecule has 3 rings (SSSR count). The average molecular weight is 394 g/mol. The zero-order valence-corrected chi connectivity index (χ0v) is 16.1. The van der Waals surface area contributed by atoms with Gasteiger partial charge in [-0.05, 0) is 36.8 Å². The second kappa shape index (κ2) is 8.13. The van der Waals surface area contributed by atoms with Gasteiger partial charge in [0.15, 0.2) is 17.1 Å². The minimum Gasteiger partial charge on any atom is -0.483 e. The molecular weight excluding hydrogens is 377 g/mol. The van der Waals surface area contributed by atoms with Gasteiger partial charge in [-0.2, -0.15) is 0 Å². The van der Waals surface area contributed by atoms with E-state index in [9.17, 15) is 0 Å². The third-order valence-corrected chi connectivity index (χ3v) is 5.45. The van der Waals surface area contributed by atoms with Crippen molar-refractivity contribution in [1.82, 2.24) is 14.8 Å². The van der Waals surface area contributed by atoms with E-state index in [2.05, 4.69) is 10.2 Å². The summed E-state index contributed by atoms with van der Waals surface area (Å²) in [6, 6.07) is 15.2. The van der Waals surface area contributed by atoms with Crippen LogP contribution in [0.15, 0.2) is 53.7 Å². The van der Waals surface area contributed by atoms with Crippen molar-refractivity contribution in [1.29, 1.82) is 0 Å². The van der Waals surface area contributed by atoms with Crippen LogP contribution in [0.4, 0.5) is 0 Å². The lowest BCUT2D eigenvalue weighted by atomic mass is 10.2. The molecule has 0 fully saturated rings. The molecule has 1 unspecified atom stereocenters. The number of ether oxygens (including phenoxy) is 1. The molecule has 1 aromatic heterocycles. The highest BCUT2D eigenvalue weighted by Gasteiger charge is 2.18. The maximum absolute atomic E-state index is 6.22. The van der Waals surface area contributed by atoms with Gasteiger partial charge in [-0.1, -0.05) is 59.2 Å². The molecule has 0 radical (unpaired) electrons. The molecule has 1 atom stereocenters. The molecule has 0 aliphatic carbocycles. The molecule has 3 aromatic rings. The van der Waals surface area contributed by atoms with Gasteiger partial charge in [-0.15, -0.1) is 10.2 Å². The molecule has 1 heterocycles. The summed E-state index contributed by atoms with van der Waals surface area (Å²) in [6.07, 6.45) is -0.210. The van der Waals surface area contributed by atoms with Crippen molar-refractivity contribution >= 4 is 35.0 Å². The van der Waals surface area contributed by atoms with Gasteiger partial charge in [0.1, 0.15) is 5.75 Å². The number of benzene rings is 2. The van der Waals surface area contributed by atoms with E-state index >= 15 is 0 Å². The highest BCUT2D eigenvalue weighted by molar-refractivity contribution is 7.98. The number of nitrogens with zero attached hydrogens (tertiary/aromatic N) is 3. The third-order valence-electron chi connectivity index (χ3n) is 3.70. The minimum atomic E-state index is -0.210. The van der Waals surface area contributed by atoms with Crippen LogP contribution in [0.5, 0.6) is 5.75 Å². The fraction of sp³-hybridized carbons (Fsp3) is 0.222. The molecule has 0 bridgehead atoms. The number of hydrogen-bond acceptors (Lipinski definition) is 4. The lowest BCUT2D eigenvalue weighted by molar-refractivity contribution is 0.211. The van der Waals surface area contributed by atoms with Crippen LogP contribution in [0.1, 0.15) is 24.4 Å². The van der Waals surface area contributed by atoms with Crippen molar-refractivity contribution in [3.63, 3.8) is 0 Å². The molecule has 25 heavy (non-hydrogen) atoms. The number of para-hydroxylation sites is 1. The van der Waals surface area contributed by atoms with Crippen molar-refractivity contribution in [2.24, 2.45) is 7.05 Å². The highest BCUT2D eigenvalue weighted by Crippen LogP contribution is 2.31. The molecule has 130 valence electrons. The molecule has 2 aromatic carbocycles. The maximum Gasteiger partial charge on any atom is 0.191 e. The lowest BCUT2D eigenvalue weighted by Gasteiger charge is -2.14. The Labute approximate surface area is 161 Å². The van der Waals surface area contributed by atoms with Gasteiger partial charge in [0, 0.05) is 22.8 Å². The average Bonchev–Trinajstić information content (AvgIpc) is 2.96. The predicted molar refractivity (Wildman–Crippen MR) is 103 cm³/mol. The van der Waals surface area contributed by atoms with E-state index in [4.69, 9.17) is 27.9 Å². The minimum absolute atomic E-state index is 0.210. The zero-order valence-electron chi connectivity index (χ0n) is 13.8. The van der Waals surface area contributed by atoms with E-state index in [0.29, 0.717) is 15.8 Å². The highest BCUT2D eigenvalue weighted by atomic mass is 35.5. The van der Waals surface area contributed by atoms with Gasteiger partial charge in [0.2, 0.25) is 0 Å². The van der Waals surface area contributed by atoms with Gasteiger partial charge >= 0.3 is 0 Å². The molecule has 4 nitrogen and oxygen atoms in total. The Hall–Kier alpha value is -1.69. The van der Waals surface area contributed by atoms with Gasteiger partial charge in [-0.25, -0.2) is 0 Å². The van der Waals surface area contributed by atoms with E-state index in [1.807, 2.05) is 67.1 Å². The molecule has 0 aliphatic heterocycles. The van der Waals surface area contributed by atoms with Crippen molar-refractivity contribution < 1.29 is 4.74 Å². The Kier molecular flexibility index (Phi) is 5.89. The Morgan fingerprint density at radius 1 is 1.04 bits per heavy atom. The Bertz CT molecular complexity index is 835. The van der Waals surface area contributed by atoms with E-state index in [0.717, 1.165) is 22.3 Å². The topological polar surface area (TPSA) is 39.9 Å². The normalized spacial score (nSPS) is 12.2. The van der Waals surface area contributed by atoms with Gasteiger partial charge in [0.05, 0.1) is 0 Å². The molecule has 0 aliphatic rings. The van der Waals surface area contributed by atoms with Gasteiger partial charge in [-0.3, -0.25) is 0 Å². The van der Waals surface area contributed by atoms with Crippen molar-refractivity contribution in [3.8, 4) is 5.75 Å². The summed E-state index contributed by atoms with van der Waals surface area (Å²) in [5.74, 6) is 2.19. The first kappa shape index (κ1) is 18.1. The van der Waals surface area contributed by atoms with Crippen LogP contribution in [-0.2, 0) is 12.8 Å². The monoisotopic (exact) mass is 393 g/mol. The van der Waals surface area contributed by atoms with Gasteiger partial charge < -0.3 is 9.30 Å². The van der Waals surface area contributed by atoms with Crippen LogP contribution in [-0.4, -0.2) is 14.8 Å². The van der Waals surface area contributed by atoms with E-state index in [1.165, 1.54) is 11.8 Å². The van der Waals surface area contributed by atoms with Crippen LogP contribution < -0.4 is 4.74 Å². The Morgan fingerprint density at radius 2 is 1.72 bits per heavy atom. The molecule has 0 amide bonds. The van der Waals surface area contributed by atoms with Crippen LogP contribution in [0.2, 0.25) is 10.0 Å². The van der Waals surface area contributed by atoms with Crippen molar-refractivity contribution in [3.05, 3.63) is 70.0 Å². The first-order chi connectivity index (χ1) is 12.1. The summed E-state index contributed by atoms with van der Waals surface area (Å²) in [7, 11) is 1.93. The molecule has 0 saturated carbocycles. The lowest BCUT2D eigenvalue weighted by Crippen LogP contribution is -2.10. The van der Waals surface area contributed by atoms with Crippen molar-refractivity contribution in [2.75, 3.05) is 0 Å². The summed E-state index contributed by atoms with van der Waals surface area (Å²) >= 11 is 14.0. The second-order valence-corrected chi connectivity index (χ2v) is 7.22.